The summed E-state index contributed by atoms with van der Waals surface area (Å²) in [5.41, 5.74) is 0. The minimum atomic E-state index is -1.17. The van der Waals surface area contributed by atoms with Crippen molar-refractivity contribution in [2.75, 3.05) is 13.1 Å². The highest BCUT2D eigenvalue weighted by Crippen LogP contribution is 2.15. The van der Waals surface area contributed by atoms with Crippen molar-refractivity contribution in [3.8, 4) is 0 Å². The molecule has 0 aromatic heterocycles. The Balaban J connectivity index is 0.00000121. The molecule has 1 aliphatic rings. The Kier molecular flexibility index (Phi) is 5.20. The van der Waals surface area contributed by atoms with Crippen LogP contribution in [0.3, 0.4) is 0 Å². The van der Waals surface area contributed by atoms with Crippen molar-refractivity contribution in [1.82, 2.24) is 5.32 Å². The number of carboxylic acid groups (broad SMARTS) is 1. The van der Waals surface area contributed by atoms with Crippen LogP contribution in [0.15, 0.2) is 0 Å². The van der Waals surface area contributed by atoms with E-state index in [0.717, 1.165) is 25.9 Å². The maximum absolute atomic E-state index is 10.3. The van der Waals surface area contributed by atoms with Crippen molar-refractivity contribution in [2.24, 2.45) is 5.92 Å². The second-order valence-electron chi connectivity index (χ2n) is 2.87. The summed E-state index contributed by atoms with van der Waals surface area (Å²) < 4.78 is 0. The van der Waals surface area contributed by atoms with Gasteiger partial charge in [0.15, 0.2) is 6.10 Å². The van der Waals surface area contributed by atoms with Gasteiger partial charge in [-0.05, 0) is 31.8 Å². The van der Waals surface area contributed by atoms with Crippen LogP contribution in [0.2, 0.25) is 0 Å². The van der Waals surface area contributed by atoms with Crippen LogP contribution in [0.5, 0.6) is 0 Å². The van der Waals surface area contributed by atoms with Gasteiger partial charge >= 0.3 is 5.97 Å². The molecular weight excluding hydrogens is 182 g/mol. The second-order valence-corrected chi connectivity index (χ2v) is 2.87. The van der Waals surface area contributed by atoms with Crippen molar-refractivity contribution >= 4 is 18.4 Å². The normalized spacial score (nSPS) is 21.1. The number of halogens is 1. The van der Waals surface area contributed by atoms with Gasteiger partial charge in [0.2, 0.25) is 0 Å². The maximum atomic E-state index is 10.3. The van der Waals surface area contributed by atoms with Gasteiger partial charge in [0, 0.05) is 0 Å². The molecule has 4 nitrogen and oxygen atoms in total. The molecule has 1 unspecified atom stereocenters. The second kappa shape index (κ2) is 5.35. The highest BCUT2D eigenvalue weighted by molar-refractivity contribution is 5.85. The predicted molar refractivity (Wildman–Crippen MR) is 46.5 cm³/mol. The molecule has 0 aromatic carbocycles. The van der Waals surface area contributed by atoms with E-state index in [4.69, 9.17) is 10.2 Å². The van der Waals surface area contributed by atoms with Gasteiger partial charge in [0.25, 0.3) is 0 Å². The Bertz CT molecular complexity index is 148. The van der Waals surface area contributed by atoms with Crippen LogP contribution in [0.25, 0.3) is 0 Å². The zero-order valence-electron chi connectivity index (χ0n) is 6.69. The number of piperidine rings is 1. The van der Waals surface area contributed by atoms with Gasteiger partial charge in [-0.15, -0.1) is 12.4 Å². The monoisotopic (exact) mass is 195 g/mol. The molecule has 0 aromatic rings. The molecule has 5 heteroatoms. The van der Waals surface area contributed by atoms with Gasteiger partial charge in [0.05, 0.1) is 0 Å². The van der Waals surface area contributed by atoms with Gasteiger partial charge < -0.3 is 15.5 Å². The number of carbonyl (C=O) groups is 1. The fourth-order valence-electron chi connectivity index (χ4n) is 1.36. The predicted octanol–water partition coefficient (Wildman–Crippen LogP) is -0.147. The van der Waals surface area contributed by atoms with Crippen molar-refractivity contribution in [3.63, 3.8) is 0 Å². The zero-order chi connectivity index (χ0) is 8.27. The molecule has 0 aliphatic carbocycles. The molecule has 72 valence electrons. The van der Waals surface area contributed by atoms with Crippen molar-refractivity contribution in [2.45, 2.75) is 18.9 Å². The number of carboxylic acids is 1. The fourth-order valence-corrected chi connectivity index (χ4v) is 1.36. The van der Waals surface area contributed by atoms with Gasteiger partial charge in [-0.2, -0.15) is 0 Å². The number of nitrogens with one attached hydrogen (secondary N) is 1. The molecule has 0 saturated carbocycles. The Labute approximate surface area is 77.4 Å². The van der Waals surface area contributed by atoms with E-state index >= 15 is 0 Å². The number of hydrogen-bond acceptors (Lipinski definition) is 3. The number of aliphatic carboxylic acids is 1. The van der Waals surface area contributed by atoms with Crippen molar-refractivity contribution < 1.29 is 15.0 Å². The smallest absolute Gasteiger partial charge is 0.332 e. The molecule has 1 saturated heterocycles. The van der Waals surface area contributed by atoms with Crippen molar-refractivity contribution in [3.05, 3.63) is 0 Å². The van der Waals surface area contributed by atoms with Crippen LogP contribution in [-0.2, 0) is 4.79 Å². The summed E-state index contributed by atoms with van der Waals surface area (Å²) in [6.45, 7) is 1.63. The number of rotatable bonds is 2. The molecule has 0 spiro atoms. The average molecular weight is 196 g/mol. The number of aliphatic hydroxyl groups is 1. The third kappa shape index (κ3) is 2.97. The van der Waals surface area contributed by atoms with Gasteiger partial charge in [-0.3, -0.25) is 0 Å². The molecule has 0 bridgehead atoms. The summed E-state index contributed by atoms with van der Waals surface area (Å²) in [5, 5.41) is 20.7. The summed E-state index contributed by atoms with van der Waals surface area (Å²) >= 11 is 0. The lowest BCUT2D eigenvalue weighted by Crippen LogP contribution is -2.37. The molecule has 1 rings (SSSR count). The van der Waals surface area contributed by atoms with E-state index in [0.29, 0.717) is 0 Å². The quantitative estimate of drug-likeness (QED) is 0.574. The molecule has 1 fully saturated rings. The molecular formula is C7H14ClNO3. The van der Waals surface area contributed by atoms with E-state index in [9.17, 15) is 4.79 Å². The minimum Gasteiger partial charge on any atom is -0.479 e. The average Bonchev–Trinajstić information content (AvgIpc) is 2.05. The summed E-state index contributed by atoms with van der Waals surface area (Å²) in [5.74, 6) is -1.16. The van der Waals surface area contributed by atoms with Crippen LogP contribution in [0, 0.1) is 5.92 Å². The lowest BCUT2D eigenvalue weighted by molar-refractivity contribution is -0.150. The Morgan fingerprint density at radius 1 is 1.42 bits per heavy atom. The third-order valence-electron chi connectivity index (χ3n) is 2.08. The molecule has 0 radical (unpaired) electrons. The van der Waals surface area contributed by atoms with E-state index in [2.05, 4.69) is 5.32 Å². The highest BCUT2D eigenvalue weighted by Gasteiger charge is 2.26. The summed E-state index contributed by atoms with van der Waals surface area (Å²) in [7, 11) is 0. The number of hydrogen-bond donors (Lipinski definition) is 3. The molecule has 1 atom stereocenters. The summed E-state index contributed by atoms with van der Waals surface area (Å²) in [6, 6.07) is 0. The fraction of sp³-hybridized carbons (Fsp3) is 0.857. The lowest BCUT2D eigenvalue weighted by Gasteiger charge is -2.24. The van der Waals surface area contributed by atoms with Crippen LogP contribution in [0.1, 0.15) is 12.8 Å². The number of aliphatic hydroxyl groups excluding tert-OH is 1. The van der Waals surface area contributed by atoms with E-state index in [-0.39, 0.29) is 18.3 Å². The Morgan fingerprint density at radius 2 is 1.92 bits per heavy atom. The van der Waals surface area contributed by atoms with E-state index in [1.54, 1.807) is 0 Å². The lowest BCUT2D eigenvalue weighted by atomic mass is 9.92. The van der Waals surface area contributed by atoms with Crippen LogP contribution in [-0.4, -0.2) is 35.4 Å². The van der Waals surface area contributed by atoms with Crippen LogP contribution >= 0.6 is 12.4 Å². The Morgan fingerprint density at radius 3 is 2.33 bits per heavy atom. The van der Waals surface area contributed by atoms with Crippen LogP contribution < -0.4 is 5.32 Å². The molecule has 12 heavy (non-hydrogen) atoms. The Hall–Kier alpha value is -0.320. The molecule has 3 N–H and O–H groups in total. The van der Waals surface area contributed by atoms with E-state index in [1.807, 2.05) is 0 Å². The molecule has 1 aliphatic heterocycles. The van der Waals surface area contributed by atoms with E-state index in [1.165, 1.54) is 0 Å². The standard InChI is InChI=1S/C7H13NO3.ClH/c9-6(7(10)11)5-1-3-8-4-2-5;/h5-6,8-9H,1-4H2,(H,10,11);1H. The minimum absolute atomic E-state index is 0. The van der Waals surface area contributed by atoms with Crippen molar-refractivity contribution in [1.29, 1.82) is 0 Å². The van der Waals surface area contributed by atoms with Gasteiger partial charge in [-0.1, -0.05) is 0 Å². The van der Waals surface area contributed by atoms with Crippen LogP contribution in [0.4, 0.5) is 0 Å². The highest BCUT2D eigenvalue weighted by atomic mass is 35.5. The first-order valence-electron chi connectivity index (χ1n) is 3.83. The first-order chi connectivity index (χ1) is 5.22. The SMILES string of the molecule is Cl.O=C(O)C(O)C1CCNCC1. The topological polar surface area (TPSA) is 69.6 Å². The van der Waals surface area contributed by atoms with Gasteiger partial charge in [0.1, 0.15) is 0 Å². The molecule has 0 amide bonds. The molecule has 1 heterocycles. The third-order valence-corrected chi connectivity index (χ3v) is 2.08. The summed E-state index contributed by atoms with van der Waals surface area (Å²) in [4.78, 5) is 10.3. The zero-order valence-corrected chi connectivity index (χ0v) is 7.51. The first-order valence-corrected chi connectivity index (χ1v) is 3.83. The first kappa shape index (κ1) is 11.7. The largest absolute Gasteiger partial charge is 0.479 e. The van der Waals surface area contributed by atoms with E-state index < -0.39 is 12.1 Å². The maximum Gasteiger partial charge on any atom is 0.332 e. The van der Waals surface area contributed by atoms with Gasteiger partial charge in [-0.25, -0.2) is 4.79 Å². The summed E-state index contributed by atoms with van der Waals surface area (Å²) in [6.07, 6.45) is 0.345.